The highest BCUT2D eigenvalue weighted by molar-refractivity contribution is 9.10. The molecule has 0 radical (unpaired) electrons. The standard InChI is InChI=1S/C22H23BrN2O2S/c1-14-5-7-15(8-6-14)18-13-28-21(24-18)25-20(26)12-27-19-10-9-16(23)11-17(19)22(2,3)4/h5-11,13H,12H2,1-4H3,(H,24,25,26). The Bertz CT molecular complexity index is 975. The van der Waals surface area contributed by atoms with Gasteiger partial charge >= 0.3 is 0 Å². The minimum atomic E-state index is -0.229. The second-order valence-corrected chi connectivity index (χ2v) is 9.41. The number of nitrogens with zero attached hydrogens (tertiary/aromatic N) is 1. The monoisotopic (exact) mass is 458 g/mol. The Morgan fingerprint density at radius 1 is 1.18 bits per heavy atom. The van der Waals surface area contributed by atoms with E-state index < -0.39 is 0 Å². The molecular formula is C22H23BrN2O2S. The summed E-state index contributed by atoms with van der Waals surface area (Å²) in [6.07, 6.45) is 0. The number of anilines is 1. The number of aromatic nitrogens is 1. The van der Waals surface area contributed by atoms with Crippen LogP contribution in [0.15, 0.2) is 52.3 Å². The highest BCUT2D eigenvalue weighted by atomic mass is 79.9. The van der Waals surface area contributed by atoms with Crippen molar-refractivity contribution in [3.05, 3.63) is 63.4 Å². The van der Waals surface area contributed by atoms with E-state index in [1.165, 1.54) is 16.9 Å². The largest absolute Gasteiger partial charge is 0.483 e. The Morgan fingerprint density at radius 3 is 2.57 bits per heavy atom. The highest BCUT2D eigenvalue weighted by Gasteiger charge is 2.20. The number of aryl methyl sites for hydroxylation is 1. The number of hydrogen-bond acceptors (Lipinski definition) is 4. The first-order chi connectivity index (χ1) is 13.2. The molecule has 0 saturated carbocycles. The Morgan fingerprint density at radius 2 is 1.89 bits per heavy atom. The number of amides is 1. The zero-order valence-electron chi connectivity index (χ0n) is 16.4. The third-order valence-corrected chi connectivity index (χ3v) is 5.46. The zero-order valence-corrected chi connectivity index (χ0v) is 18.8. The number of ether oxygens (including phenoxy) is 1. The van der Waals surface area contributed by atoms with Crippen molar-refractivity contribution in [1.82, 2.24) is 4.98 Å². The van der Waals surface area contributed by atoms with Crippen molar-refractivity contribution in [3.8, 4) is 17.0 Å². The average molecular weight is 459 g/mol. The van der Waals surface area contributed by atoms with E-state index in [9.17, 15) is 4.79 Å². The molecule has 0 atom stereocenters. The summed E-state index contributed by atoms with van der Waals surface area (Å²) < 4.78 is 6.79. The van der Waals surface area contributed by atoms with Crippen molar-refractivity contribution in [2.24, 2.45) is 0 Å². The number of thiazole rings is 1. The molecule has 0 aliphatic heterocycles. The van der Waals surface area contributed by atoms with Crippen molar-refractivity contribution in [2.75, 3.05) is 11.9 Å². The van der Waals surface area contributed by atoms with E-state index in [2.05, 4.69) is 47.0 Å². The summed E-state index contributed by atoms with van der Waals surface area (Å²) in [5.74, 6) is 0.484. The van der Waals surface area contributed by atoms with E-state index in [0.717, 1.165) is 21.3 Å². The Hall–Kier alpha value is -2.18. The van der Waals surface area contributed by atoms with Crippen LogP contribution in [0.1, 0.15) is 31.9 Å². The van der Waals surface area contributed by atoms with Crippen LogP contribution in [0.2, 0.25) is 0 Å². The van der Waals surface area contributed by atoms with Crippen LogP contribution in [0.5, 0.6) is 5.75 Å². The van der Waals surface area contributed by atoms with Crippen LogP contribution in [0.25, 0.3) is 11.3 Å². The van der Waals surface area contributed by atoms with E-state index in [1.54, 1.807) is 0 Å². The summed E-state index contributed by atoms with van der Waals surface area (Å²) in [5, 5.41) is 5.32. The summed E-state index contributed by atoms with van der Waals surface area (Å²) in [5.41, 5.74) is 4.04. The number of nitrogens with one attached hydrogen (secondary N) is 1. The second kappa shape index (κ2) is 8.45. The van der Waals surface area contributed by atoms with Crippen molar-refractivity contribution < 1.29 is 9.53 Å². The third kappa shape index (κ3) is 5.20. The molecule has 0 fully saturated rings. The predicted octanol–water partition coefficient (Wildman–Crippen LogP) is 6.20. The number of benzene rings is 2. The molecule has 146 valence electrons. The van der Waals surface area contributed by atoms with Gasteiger partial charge in [-0.15, -0.1) is 11.3 Å². The second-order valence-electron chi connectivity index (χ2n) is 7.63. The van der Waals surface area contributed by atoms with E-state index >= 15 is 0 Å². The molecule has 0 bridgehead atoms. The summed E-state index contributed by atoms with van der Waals surface area (Å²) in [6.45, 7) is 8.33. The molecule has 0 saturated heterocycles. The molecule has 0 aliphatic carbocycles. The lowest BCUT2D eigenvalue weighted by Crippen LogP contribution is -2.22. The molecule has 0 spiro atoms. The summed E-state index contributed by atoms with van der Waals surface area (Å²) in [4.78, 5) is 16.8. The van der Waals surface area contributed by atoms with Gasteiger partial charge in [-0.05, 0) is 30.5 Å². The topological polar surface area (TPSA) is 51.2 Å². The van der Waals surface area contributed by atoms with Gasteiger partial charge in [0.25, 0.3) is 5.91 Å². The van der Waals surface area contributed by atoms with Crippen LogP contribution in [0.3, 0.4) is 0 Å². The highest BCUT2D eigenvalue weighted by Crippen LogP contribution is 2.33. The lowest BCUT2D eigenvalue weighted by atomic mass is 9.86. The molecule has 4 nitrogen and oxygen atoms in total. The Kier molecular flexibility index (Phi) is 6.20. The summed E-state index contributed by atoms with van der Waals surface area (Å²) in [7, 11) is 0. The molecule has 6 heteroatoms. The average Bonchev–Trinajstić information content (AvgIpc) is 3.09. The van der Waals surface area contributed by atoms with Crippen LogP contribution in [0, 0.1) is 6.92 Å². The van der Waals surface area contributed by atoms with Gasteiger partial charge in [0.15, 0.2) is 11.7 Å². The van der Waals surface area contributed by atoms with Gasteiger partial charge in [-0.25, -0.2) is 4.98 Å². The summed E-state index contributed by atoms with van der Waals surface area (Å²) in [6, 6.07) is 14.0. The number of hydrogen-bond donors (Lipinski definition) is 1. The van der Waals surface area contributed by atoms with Gasteiger partial charge in [-0.1, -0.05) is 66.5 Å². The minimum Gasteiger partial charge on any atom is -0.483 e. The normalized spacial score (nSPS) is 11.3. The lowest BCUT2D eigenvalue weighted by molar-refractivity contribution is -0.118. The molecular weight excluding hydrogens is 436 g/mol. The first-order valence-electron chi connectivity index (χ1n) is 8.97. The van der Waals surface area contributed by atoms with Crippen LogP contribution < -0.4 is 10.1 Å². The fourth-order valence-electron chi connectivity index (χ4n) is 2.70. The van der Waals surface area contributed by atoms with Gasteiger partial charge < -0.3 is 4.74 Å². The molecule has 1 aromatic heterocycles. The Labute approximate surface area is 178 Å². The molecule has 3 aromatic rings. The number of rotatable bonds is 5. The molecule has 0 aliphatic rings. The van der Waals surface area contributed by atoms with Crippen molar-refractivity contribution in [3.63, 3.8) is 0 Å². The van der Waals surface area contributed by atoms with Crippen molar-refractivity contribution in [1.29, 1.82) is 0 Å². The smallest absolute Gasteiger partial charge is 0.264 e. The third-order valence-electron chi connectivity index (χ3n) is 4.21. The van der Waals surface area contributed by atoms with Gasteiger partial charge in [-0.2, -0.15) is 0 Å². The first-order valence-corrected chi connectivity index (χ1v) is 10.6. The predicted molar refractivity (Wildman–Crippen MR) is 119 cm³/mol. The van der Waals surface area contributed by atoms with Gasteiger partial charge in [0, 0.05) is 21.0 Å². The molecule has 28 heavy (non-hydrogen) atoms. The van der Waals surface area contributed by atoms with Crippen LogP contribution >= 0.6 is 27.3 Å². The van der Waals surface area contributed by atoms with Crippen molar-refractivity contribution >= 4 is 38.3 Å². The molecule has 3 rings (SSSR count). The number of carbonyl (C=O) groups is 1. The zero-order chi connectivity index (χ0) is 20.3. The Balaban J connectivity index is 1.64. The molecule has 0 unspecified atom stereocenters. The maximum atomic E-state index is 12.3. The number of carbonyl (C=O) groups excluding carboxylic acids is 1. The molecule has 1 amide bonds. The van der Waals surface area contributed by atoms with Gasteiger partial charge in [0.05, 0.1) is 5.69 Å². The van der Waals surface area contributed by atoms with Gasteiger partial charge in [0.2, 0.25) is 0 Å². The van der Waals surface area contributed by atoms with Crippen LogP contribution in [0.4, 0.5) is 5.13 Å². The quantitative estimate of drug-likeness (QED) is 0.495. The fraction of sp³-hybridized carbons (Fsp3) is 0.273. The molecule has 2 aromatic carbocycles. The molecule has 1 N–H and O–H groups in total. The van der Waals surface area contributed by atoms with E-state index in [4.69, 9.17) is 4.74 Å². The van der Waals surface area contributed by atoms with E-state index in [1.807, 2.05) is 54.8 Å². The van der Waals surface area contributed by atoms with Crippen LogP contribution in [-0.4, -0.2) is 17.5 Å². The maximum absolute atomic E-state index is 12.3. The number of halogens is 1. The lowest BCUT2D eigenvalue weighted by Gasteiger charge is -2.23. The minimum absolute atomic E-state index is 0.0653. The van der Waals surface area contributed by atoms with E-state index in [-0.39, 0.29) is 17.9 Å². The fourth-order valence-corrected chi connectivity index (χ4v) is 3.80. The molecule has 1 heterocycles. The van der Waals surface area contributed by atoms with Gasteiger partial charge in [-0.3, -0.25) is 10.1 Å². The SMILES string of the molecule is Cc1ccc(-c2csc(NC(=O)COc3ccc(Br)cc3C(C)(C)C)n2)cc1. The summed E-state index contributed by atoms with van der Waals surface area (Å²) >= 11 is 4.90. The van der Waals surface area contributed by atoms with E-state index in [0.29, 0.717) is 10.9 Å². The first kappa shape index (κ1) is 20.6. The van der Waals surface area contributed by atoms with Gasteiger partial charge in [0.1, 0.15) is 5.75 Å². The van der Waals surface area contributed by atoms with Crippen molar-refractivity contribution in [2.45, 2.75) is 33.1 Å². The van der Waals surface area contributed by atoms with Crippen LogP contribution in [-0.2, 0) is 10.2 Å². The maximum Gasteiger partial charge on any atom is 0.264 e.